The summed E-state index contributed by atoms with van der Waals surface area (Å²) in [6.45, 7) is 1.42. The average molecular weight is 409 g/mol. The predicted octanol–water partition coefficient (Wildman–Crippen LogP) is 3.52. The third kappa shape index (κ3) is 4.50. The molecule has 6 nitrogen and oxygen atoms in total. The van der Waals surface area contributed by atoms with Crippen LogP contribution in [0.15, 0.2) is 47.4 Å². The lowest BCUT2D eigenvalue weighted by Gasteiger charge is -2.16. The number of nitrogens with zero attached hydrogens (tertiary/aromatic N) is 1. The second-order valence-corrected chi connectivity index (χ2v) is 8.69. The fraction of sp³-hybridized carbons (Fsp3) is 0.316. The van der Waals surface area contributed by atoms with E-state index in [4.69, 9.17) is 16.3 Å². The Labute approximate surface area is 164 Å². The van der Waals surface area contributed by atoms with E-state index in [1.807, 2.05) is 6.07 Å². The maximum Gasteiger partial charge on any atom is 0.257 e. The van der Waals surface area contributed by atoms with Crippen LogP contribution in [0.3, 0.4) is 0 Å². The van der Waals surface area contributed by atoms with Gasteiger partial charge in [0.2, 0.25) is 10.0 Å². The second kappa shape index (κ2) is 8.39. The van der Waals surface area contributed by atoms with Crippen LogP contribution >= 0.6 is 11.6 Å². The third-order valence-corrected chi connectivity index (χ3v) is 6.61. The van der Waals surface area contributed by atoms with Crippen LogP contribution < -0.4 is 5.32 Å². The van der Waals surface area contributed by atoms with E-state index in [2.05, 4.69) is 5.32 Å². The summed E-state index contributed by atoms with van der Waals surface area (Å²) in [5.74, 6) is -0.465. The molecule has 0 bridgehead atoms. The quantitative estimate of drug-likeness (QED) is 0.793. The molecule has 0 aromatic heterocycles. The summed E-state index contributed by atoms with van der Waals surface area (Å²) in [7, 11) is -2.03. The van der Waals surface area contributed by atoms with Crippen molar-refractivity contribution in [3.05, 3.63) is 58.6 Å². The first-order valence-electron chi connectivity index (χ1n) is 8.61. The summed E-state index contributed by atoms with van der Waals surface area (Å²) in [6.07, 6.45) is 1.69. The minimum absolute atomic E-state index is 0.0760. The molecule has 1 N–H and O–H groups in total. The minimum Gasteiger partial charge on any atom is -0.380 e. The maximum atomic E-state index is 12.7. The Morgan fingerprint density at radius 2 is 1.93 bits per heavy atom. The number of halogens is 1. The summed E-state index contributed by atoms with van der Waals surface area (Å²) < 4.78 is 32.0. The summed E-state index contributed by atoms with van der Waals surface area (Å²) in [5, 5.41) is 2.95. The molecule has 2 aromatic rings. The van der Waals surface area contributed by atoms with E-state index < -0.39 is 15.9 Å². The first-order valence-corrected chi connectivity index (χ1v) is 10.4. The maximum absolute atomic E-state index is 12.7. The molecule has 27 heavy (non-hydrogen) atoms. The van der Waals surface area contributed by atoms with Gasteiger partial charge < -0.3 is 10.1 Å². The van der Waals surface area contributed by atoms with Crippen LogP contribution in [0.1, 0.15) is 28.8 Å². The van der Waals surface area contributed by atoms with E-state index in [-0.39, 0.29) is 15.5 Å². The van der Waals surface area contributed by atoms with Gasteiger partial charge in [-0.2, -0.15) is 4.31 Å². The lowest BCUT2D eigenvalue weighted by Crippen LogP contribution is -2.28. The molecule has 0 saturated carbocycles. The lowest BCUT2D eigenvalue weighted by molar-refractivity contribution is 0.102. The average Bonchev–Trinajstić information content (AvgIpc) is 3.18. The van der Waals surface area contributed by atoms with Crippen molar-refractivity contribution in [1.82, 2.24) is 4.31 Å². The number of benzene rings is 2. The van der Waals surface area contributed by atoms with Crippen molar-refractivity contribution in [3.63, 3.8) is 0 Å². The van der Waals surface area contributed by atoms with Gasteiger partial charge in [0, 0.05) is 25.9 Å². The summed E-state index contributed by atoms with van der Waals surface area (Å²) >= 11 is 6.16. The molecule has 0 radical (unpaired) electrons. The number of sulfonamides is 1. The Balaban J connectivity index is 1.85. The van der Waals surface area contributed by atoms with E-state index in [0.29, 0.717) is 25.4 Å². The highest BCUT2D eigenvalue weighted by Crippen LogP contribution is 2.26. The smallest absolute Gasteiger partial charge is 0.257 e. The number of hydrogen-bond donors (Lipinski definition) is 1. The van der Waals surface area contributed by atoms with Crippen LogP contribution in [-0.2, 0) is 21.4 Å². The number of amides is 1. The zero-order valence-electron chi connectivity index (χ0n) is 14.9. The van der Waals surface area contributed by atoms with Crippen LogP contribution in [0.5, 0.6) is 0 Å². The Morgan fingerprint density at radius 1 is 1.19 bits per heavy atom. The van der Waals surface area contributed by atoms with Gasteiger partial charge in [-0.05, 0) is 48.7 Å². The van der Waals surface area contributed by atoms with Crippen molar-refractivity contribution in [2.75, 3.05) is 25.5 Å². The molecule has 1 amide bonds. The standard InChI is InChI=1S/C19H21ClN2O4S/c1-26-13-14-5-4-6-15(11-14)21-19(23)17-12-16(7-8-18(17)20)27(24,25)22-9-2-3-10-22/h4-8,11-12H,2-3,9-10,13H2,1H3,(H,21,23). The van der Waals surface area contributed by atoms with Crippen LogP contribution in [-0.4, -0.2) is 38.8 Å². The Morgan fingerprint density at radius 3 is 2.63 bits per heavy atom. The Hall–Kier alpha value is -1.93. The van der Waals surface area contributed by atoms with Gasteiger partial charge in [0.1, 0.15) is 0 Å². The topological polar surface area (TPSA) is 75.7 Å². The summed E-state index contributed by atoms with van der Waals surface area (Å²) in [5.41, 5.74) is 1.61. The largest absolute Gasteiger partial charge is 0.380 e. The first kappa shape index (κ1) is 19.8. The molecule has 1 fully saturated rings. The van der Waals surface area contributed by atoms with Gasteiger partial charge in [-0.25, -0.2) is 8.42 Å². The predicted molar refractivity (Wildman–Crippen MR) is 105 cm³/mol. The SMILES string of the molecule is COCc1cccc(NC(=O)c2cc(S(=O)(=O)N3CCCC3)ccc2Cl)c1. The van der Waals surface area contributed by atoms with Gasteiger partial charge in [-0.3, -0.25) is 4.79 Å². The fourth-order valence-electron chi connectivity index (χ4n) is 3.02. The molecule has 1 heterocycles. The van der Waals surface area contributed by atoms with Crippen molar-refractivity contribution in [1.29, 1.82) is 0 Å². The first-order chi connectivity index (χ1) is 12.9. The normalized spacial score (nSPS) is 15.0. The molecule has 0 spiro atoms. The highest BCUT2D eigenvalue weighted by atomic mass is 35.5. The molecule has 0 aliphatic carbocycles. The highest BCUT2D eigenvalue weighted by molar-refractivity contribution is 7.89. The minimum atomic E-state index is -3.62. The van der Waals surface area contributed by atoms with Gasteiger partial charge in [0.05, 0.1) is 22.1 Å². The highest BCUT2D eigenvalue weighted by Gasteiger charge is 2.28. The van der Waals surface area contributed by atoms with Crippen molar-refractivity contribution in [3.8, 4) is 0 Å². The summed E-state index contributed by atoms with van der Waals surface area (Å²) in [4.78, 5) is 12.7. The molecule has 3 rings (SSSR count). The van der Waals surface area contributed by atoms with Crippen LogP contribution in [0, 0.1) is 0 Å². The van der Waals surface area contributed by atoms with E-state index in [9.17, 15) is 13.2 Å². The molecule has 1 aliphatic rings. The van der Waals surface area contributed by atoms with E-state index >= 15 is 0 Å². The molecular formula is C19H21ClN2O4S. The van der Waals surface area contributed by atoms with Gasteiger partial charge >= 0.3 is 0 Å². The number of rotatable bonds is 6. The van der Waals surface area contributed by atoms with E-state index in [1.165, 1.54) is 22.5 Å². The molecule has 0 atom stereocenters. The fourth-order valence-corrected chi connectivity index (χ4v) is 4.77. The van der Waals surface area contributed by atoms with Crippen molar-refractivity contribution < 1.29 is 17.9 Å². The number of carbonyl (C=O) groups excluding carboxylic acids is 1. The number of carbonyl (C=O) groups is 1. The second-order valence-electron chi connectivity index (χ2n) is 6.34. The Kier molecular flexibility index (Phi) is 6.16. The van der Waals surface area contributed by atoms with Crippen molar-refractivity contribution in [2.24, 2.45) is 0 Å². The summed E-state index contributed by atoms with van der Waals surface area (Å²) in [6, 6.07) is 11.4. The monoisotopic (exact) mass is 408 g/mol. The molecular weight excluding hydrogens is 388 g/mol. The number of hydrogen-bond acceptors (Lipinski definition) is 4. The van der Waals surface area contributed by atoms with Crippen molar-refractivity contribution in [2.45, 2.75) is 24.3 Å². The van der Waals surface area contributed by atoms with Gasteiger partial charge in [0.15, 0.2) is 0 Å². The number of anilines is 1. The zero-order valence-corrected chi connectivity index (χ0v) is 16.5. The molecule has 144 valence electrons. The third-order valence-electron chi connectivity index (χ3n) is 4.38. The van der Waals surface area contributed by atoms with E-state index in [0.717, 1.165) is 18.4 Å². The molecule has 2 aromatic carbocycles. The molecule has 0 unspecified atom stereocenters. The van der Waals surface area contributed by atoms with Crippen molar-refractivity contribution >= 4 is 33.2 Å². The number of nitrogens with one attached hydrogen (secondary N) is 1. The molecule has 1 saturated heterocycles. The Bertz CT molecular complexity index is 940. The van der Waals surface area contributed by atoms with E-state index in [1.54, 1.807) is 25.3 Å². The molecule has 1 aliphatic heterocycles. The lowest BCUT2D eigenvalue weighted by atomic mass is 10.2. The van der Waals surface area contributed by atoms with Gasteiger partial charge in [-0.1, -0.05) is 23.7 Å². The number of methoxy groups -OCH3 is 1. The molecule has 8 heteroatoms. The van der Waals surface area contributed by atoms with Gasteiger partial charge in [0.25, 0.3) is 5.91 Å². The van der Waals surface area contributed by atoms with Gasteiger partial charge in [-0.15, -0.1) is 0 Å². The number of ether oxygens (including phenoxy) is 1. The van der Waals surface area contributed by atoms with Crippen LogP contribution in [0.2, 0.25) is 5.02 Å². The zero-order chi connectivity index (χ0) is 19.4. The van der Waals surface area contributed by atoms with Crippen LogP contribution in [0.4, 0.5) is 5.69 Å². The van der Waals surface area contributed by atoms with Crippen LogP contribution in [0.25, 0.3) is 0 Å².